The molecule has 1 aliphatic rings. The Kier molecular flexibility index (Phi) is 6.05. The number of fused-ring (bicyclic) bond motifs is 1. The molecule has 0 radical (unpaired) electrons. The minimum Gasteiger partial charge on any atom is -0.378 e. The van der Waals surface area contributed by atoms with Crippen molar-refractivity contribution in [2.75, 3.05) is 36.5 Å². The van der Waals surface area contributed by atoms with Gasteiger partial charge in [-0.3, -0.25) is 19.1 Å². The Hall–Kier alpha value is -4.04. The number of carbonyl (C=O) groups excluding carboxylic acids is 1. The Morgan fingerprint density at radius 3 is 2.62 bits per heavy atom. The zero-order valence-electron chi connectivity index (χ0n) is 18.9. The minimum atomic E-state index is -0.286. The SMILES string of the molecule is Cc1nc2cc(N3CCOCC3)c(NC(=O)c3cccnc3)cc2c(=O)n1Cc1ccccc1. The molecular weight excluding hydrogens is 430 g/mol. The topological polar surface area (TPSA) is 89.3 Å². The van der Waals surface area contributed by atoms with Gasteiger partial charge in [0.25, 0.3) is 11.5 Å². The Morgan fingerprint density at radius 2 is 1.88 bits per heavy atom. The summed E-state index contributed by atoms with van der Waals surface area (Å²) in [5.41, 5.74) is 3.31. The van der Waals surface area contributed by atoms with Crippen LogP contribution in [0, 0.1) is 6.92 Å². The van der Waals surface area contributed by atoms with Crippen LogP contribution >= 0.6 is 0 Å². The predicted octanol–water partition coefficient (Wildman–Crippen LogP) is 3.24. The first-order valence-electron chi connectivity index (χ1n) is 11.2. The molecule has 3 heterocycles. The Morgan fingerprint density at radius 1 is 1.09 bits per heavy atom. The van der Waals surface area contributed by atoms with Gasteiger partial charge in [-0.05, 0) is 36.8 Å². The molecule has 0 unspecified atom stereocenters. The van der Waals surface area contributed by atoms with Crippen LogP contribution in [0.2, 0.25) is 0 Å². The maximum absolute atomic E-state index is 13.5. The van der Waals surface area contributed by atoms with Crippen LogP contribution in [-0.4, -0.2) is 46.7 Å². The van der Waals surface area contributed by atoms with E-state index in [0.717, 1.165) is 11.3 Å². The van der Waals surface area contributed by atoms with Gasteiger partial charge in [-0.15, -0.1) is 0 Å². The number of benzene rings is 2. The monoisotopic (exact) mass is 455 g/mol. The first-order chi connectivity index (χ1) is 16.6. The maximum atomic E-state index is 13.5. The number of amides is 1. The zero-order valence-corrected chi connectivity index (χ0v) is 18.9. The second kappa shape index (κ2) is 9.44. The maximum Gasteiger partial charge on any atom is 0.261 e. The third-order valence-corrected chi connectivity index (χ3v) is 5.97. The quantitative estimate of drug-likeness (QED) is 0.497. The number of anilines is 2. The van der Waals surface area contributed by atoms with E-state index in [-0.39, 0.29) is 11.5 Å². The van der Waals surface area contributed by atoms with Crippen LogP contribution in [0.4, 0.5) is 11.4 Å². The molecule has 5 rings (SSSR count). The van der Waals surface area contributed by atoms with E-state index in [2.05, 4.69) is 15.2 Å². The fourth-order valence-electron chi connectivity index (χ4n) is 4.18. The molecule has 8 heteroatoms. The Balaban J connectivity index is 1.61. The highest BCUT2D eigenvalue weighted by Crippen LogP contribution is 2.31. The average molecular weight is 456 g/mol. The second-order valence-corrected chi connectivity index (χ2v) is 8.22. The van der Waals surface area contributed by atoms with Gasteiger partial charge in [-0.2, -0.15) is 0 Å². The van der Waals surface area contributed by atoms with Crippen molar-refractivity contribution in [3.63, 3.8) is 0 Å². The molecule has 2 aromatic heterocycles. The highest BCUT2D eigenvalue weighted by atomic mass is 16.5. The van der Waals surface area contributed by atoms with E-state index in [4.69, 9.17) is 9.72 Å². The van der Waals surface area contributed by atoms with Gasteiger partial charge >= 0.3 is 0 Å². The van der Waals surface area contributed by atoms with Crippen molar-refractivity contribution in [3.05, 3.63) is 94.3 Å². The molecule has 172 valence electrons. The molecule has 1 fully saturated rings. The van der Waals surface area contributed by atoms with Crippen LogP contribution in [0.3, 0.4) is 0 Å². The van der Waals surface area contributed by atoms with Crippen molar-refractivity contribution in [1.29, 1.82) is 0 Å². The molecule has 1 N–H and O–H groups in total. The van der Waals surface area contributed by atoms with Crippen LogP contribution in [0.25, 0.3) is 10.9 Å². The number of aryl methyl sites for hydroxylation is 1. The highest BCUT2D eigenvalue weighted by molar-refractivity contribution is 6.07. The molecule has 8 nitrogen and oxygen atoms in total. The summed E-state index contributed by atoms with van der Waals surface area (Å²) >= 11 is 0. The summed E-state index contributed by atoms with van der Waals surface area (Å²) in [6, 6.07) is 16.9. The third kappa shape index (κ3) is 4.40. The molecule has 1 aliphatic heterocycles. The summed E-state index contributed by atoms with van der Waals surface area (Å²) in [6.45, 7) is 4.84. The lowest BCUT2D eigenvalue weighted by molar-refractivity contribution is 0.102. The lowest BCUT2D eigenvalue weighted by atomic mass is 10.1. The number of rotatable bonds is 5. The zero-order chi connectivity index (χ0) is 23.5. The highest BCUT2D eigenvalue weighted by Gasteiger charge is 2.20. The third-order valence-electron chi connectivity index (χ3n) is 5.97. The van der Waals surface area contributed by atoms with Crippen LogP contribution in [-0.2, 0) is 11.3 Å². The summed E-state index contributed by atoms with van der Waals surface area (Å²) in [6.07, 6.45) is 3.14. The number of morpholine rings is 1. The number of nitrogens with one attached hydrogen (secondary N) is 1. The van der Waals surface area contributed by atoms with Gasteiger partial charge in [-0.1, -0.05) is 30.3 Å². The second-order valence-electron chi connectivity index (χ2n) is 8.22. The minimum absolute atomic E-state index is 0.142. The van der Waals surface area contributed by atoms with Gasteiger partial charge < -0.3 is 15.0 Å². The Labute approximate surface area is 196 Å². The number of ether oxygens (including phenoxy) is 1. The summed E-state index contributed by atoms with van der Waals surface area (Å²) in [5, 5.41) is 3.45. The van der Waals surface area contributed by atoms with Crippen molar-refractivity contribution in [1.82, 2.24) is 14.5 Å². The number of hydrogen-bond acceptors (Lipinski definition) is 6. The van der Waals surface area contributed by atoms with Crippen LogP contribution < -0.4 is 15.8 Å². The molecule has 4 aromatic rings. The lowest BCUT2D eigenvalue weighted by Crippen LogP contribution is -2.37. The molecule has 2 aromatic carbocycles. The molecule has 34 heavy (non-hydrogen) atoms. The van der Waals surface area contributed by atoms with Crippen molar-refractivity contribution < 1.29 is 9.53 Å². The van der Waals surface area contributed by atoms with Crippen LogP contribution in [0.5, 0.6) is 0 Å². The summed E-state index contributed by atoms with van der Waals surface area (Å²) in [7, 11) is 0. The normalized spacial score (nSPS) is 13.7. The van der Waals surface area contributed by atoms with E-state index < -0.39 is 0 Å². The van der Waals surface area contributed by atoms with Crippen molar-refractivity contribution in [2.45, 2.75) is 13.5 Å². The van der Waals surface area contributed by atoms with Gasteiger partial charge in [-0.25, -0.2) is 4.98 Å². The standard InChI is InChI=1S/C26H25N5O3/c1-18-28-22-15-24(30-10-12-34-13-11-30)23(29-25(32)20-8-5-9-27-16-20)14-21(22)26(33)31(18)17-19-6-3-2-4-7-19/h2-9,14-16H,10-13,17H2,1H3,(H,29,32). The number of carbonyl (C=O) groups is 1. The molecule has 1 amide bonds. The Bertz CT molecular complexity index is 1380. The van der Waals surface area contributed by atoms with Gasteiger partial charge in [0.15, 0.2) is 0 Å². The van der Waals surface area contributed by atoms with Gasteiger partial charge in [0, 0.05) is 25.5 Å². The van der Waals surface area contributed by atoms with E-state index >= 15 is 0 Å². The average Bonchev–Trinajstić information content (AvgIpc) is 2.88. The van der Waals surface area contributed by atoms with Gasteiger partial charge in [0.05, 0.1) is 47.6 Å². The number of nitrogens with zero attached hydrogens (tertiary/aromatic N) is 4. The summed E-state index contributed by atoms with van der Waals surface area (Å²) in [4.78, 5) is 37.4. The van der Waals surface area contributed by atoms with Crippen molar-refractivity contribution >= 4 is 28.2 Å². The lowest BCUT2D eigenvalue weighted by Gasteiger charge is -2.31. The fraction of sp³-hybridized carbons (Fsp3) is 0.231. The molecule has 0 aliphatic carbocycles. The number of pyridine rings is 1. The van der Waals surface area contributed by atoms with Crippen molar-refractivity contribution in [2.24, 2.45) is 0 Å². The first kappa shape index (κ1) is 21.8. The molecular formula is C26H25N5O3. The smallest absolute Gasteiger partial charge is 0.261 e. The first-order valence-corrected chi connectivity index (χ1v) is 11.2. The molecule has 1 saturated heterocycles. The fourth-order valence-corrected chi connectivity index (χ4v) is 4.18. The number of aromatic nitrogens is 3. The largest absolute Gasteiger partial charge is 0.378 e. The van der Waals surface area contributed by atoms with E-state index in [1.807, 2.05) is 43.3 Å². The molecule has 0 atom stereocenters. The van der Waals surface area contributed by atoms with Crippen LogP contribution in [0.15, 0.2) is 71.8 Å². The molecule has 0 spiro atoms. The molecule has 0 saturated carbocycles. The van der Waals surface area contributed by atoms with E-state index in [1.54, 1.807) is 29.0 Å². The van der Waals surface area contributed by atoms with Gasteiger partial charge in [0.2, 0.25) is 0 Å². The van der Waals surface area contributed by atoms with Gasteiger partial charge in [0.1, 0.15) is 5.82 Å². The van der Waals surface area contributed by atoms with Crippen molar-refractivity contribution in [3.8, 4) is 0 Å². The van der Waals surface area contributed by atoms with E-state index in [0.29, 0.717) is 60.8 Å². The van der Waals surface area contributed by atoms with Crippen LogP contribution in [0.1, 0.15) is 21.7 Å². The summed E-state index contributed by atoms with van der Waals surface area (Å²) in [5.74, 6) is 0.355. The molecule has 0 bridgehead atoms. The summed E-state index contributed by atoms with van der Waals surface area (Å²) < 4.78 is 7.17. The van der Waals surface area contributed by atoms with E-state index in [9.17, 15) is 9.59 Å². The van der Waals surface area contributed by atoms with E-state index in [1.165, 1.54) is 6.20 Å². The predicted molar refractivity (Wildman–Crippen MR) is 132 cm³/mol. The number of hydrogen-bond donors (Lipinski definition) is 1.